The Hall–Kier alpha value is -2.09. The lowest BCUT2D eigenvalue weighted by Crippen LogP contribution is -2.47. The molecule has 146 valence electrons. The van der Waals surface area contributed by atoms with Crippen molar-refractivity contribution >= 4 is 29.3 Å². The van der Waals surface area contributed by atoms with Crippen molar-refractivity contribution in [3.63, 3.8) is 0 Å². The van der Waals surface area contributed by atoms with Crippen LogP contribution < -0.4 is 5.32 Å². The number of nitrogens with zero attached hydrogens (tertiary/aromatic N) is 3. The largest absolute Gasteiger partial charge is 0.388 e. The number of nitrogens with one attached hydrogen (secondary N) is 1. The molecule has 0 aliphatic carbocycles. The molecule has 0 bridgehead atoms. The number of rotatable bonds is 5. The lowest BCUT2D eigenvalue weighted by Gasteiger charge is -2.37. The molecule has 2 aliphatic heterocycles. The second-order valence-corrected chi connectivity index (χ2v) is 8.24. The molecule has 1 spiro atoms. The standard InChI is InChI=1S/C19H26N4O3S/c1-13(2)12-21-16(24)15-11-19(26-22-15)6-9-23(10-7-19)18(25)14-5-4-8-20-17(14)27-3/h4-5,8,13H,6-7,9-12H2,1-3H3,(H,21,24). The van der Waals surface area contributed by atoms with Crippen LogP contribution in [0.4, 0.5) is 0 Å². The van der Waals surface area contributed by atoms with E-state index in [9.17, 15) is 9.59 Å². The van der Waals surface area contributed by atoms with E-state index in [1.165, 1.54) is 11.8 Å². The summed E-state index contributed by atoms with van der Waals surface area (Å²) >= 11 is 1.47. The minimum Gasteiger partial charge on any atom is -0.388 e. The first-order chi connectivity index (χ1) is 12.9. The van der Waals surface area contributed by atoms with Gasteiger partial charge in [0.1, 0.15) is 16.3 Å². The van der Waals surface area contributed by atoms with Crippen LogP contribution in [-0.4, -0.2) is 58.9 Å². The van der Waals surface area contributed by atoms with E-state index in [-0.39, 0.29) is 11.8 Å². The molecule has 1 N–H and O–H groups in total. The van der Waals surface area contributed by atoms with E-state index in [4.69, 9.17) is 4.84 Å². The third-order valence-electron chi connectivity index (χ3n) is 4.93. The predicted octanol–water partition coefficient (Wildman–Crippen LogP) is 2.33. The molecule has 1 fully saturated rings. The molecule has 0 radical (unpaired) electrons. The molecule has 0 aromatic carbocycles. The molecule has 1 aromatic rings. The first-order valence-corrected chi connectivity index (χ1v) is 10.5. The van der Waals surface area contributed by atoms with E-state index in [0.29, 0.717) is 56.1 Å². The van der Waals surface area contributed by atoms with Crippen molar-refractivity contribution in [1.82, 2.24) is 15.2 Å². The quantitative estimate of drug-likeness (QED) is 0.780. The molecule has 1 aromatic heterocycles. The molecule has 27 heavy (non-hydrogen) atoms. The van der Waals surface area contributed by atoms with Gasteiger partial charge in [0.2, 0.25) is 0 Å². The number of thioether (sulfide) groups is 1. The maximum absolute atomic E-state index is 12.8. The summed E-state index contributed by atoms with van der Waals surface area (Å²) in [6.07, 6.45) is 5.45. The van der Waals surface area contributed by atoms with Gasteiger partial charge in [-0.05, 0) is 24.3 Å². The van der Waals surface area contributed by atoms with Crippen LogP contribution in [0.15, 0.2) is 28.5 Å². The van der Waals surface area contributed by atoms with Gasteiger partial charge in [-0.1, -0.05) is 19.0 Å². The molecule has 2 aliphatic rings. The number of carbonyl (C=O) groups excluding carboxylic acids is 2. The van der Waals surface area contributed by atoms with Crippen molar-refractivity contribution < 1.29 is 14.4 Å². The van der Waals surface area contributed by atoms with E-state index in [1.807, 2.05) is 31.1 Å². The zero-order valence-corrected chi connectivity index (χ0v) is 16.8. The van der Waals surface area contributed by atoms with Gasteiger partial charge in [0.25, 0.3) is 11.8 Å². The van der Waals surface area contributed by atoms with Gasteiger partial charge < -0.3 is 15.1 Å². The Morgan fingerprint density at radius 1 is 1.37 bits per heavy atom. The fourth-order valence-corrected chi connectivity index (χ4v) is 3.86. The fraction of sp³-hybridized carbons (Fsp3) is 0.579. The third kappa shape index (κ3) is 4.43. The summed E-state index contributed by atoms with van der Waals surface area (Å²) in [6, 6.07) is 3.60. The van der Waals surface area contributed by atoms with Gasteiger partial charge in [0.05, 0.1) is 5.56 Å². The van der Waals surface area contributed by atoms with Crippen LogP contribution in [0.2, 0.25) is 0 Å². The second-order valence-electron chi connectivity index (χ2n) is 7.45. The Morgan fingerprint density at radius 2 is 2.11 bits per heavy atom. The van der Waals surface area contributed by atoms with Gasteiger partial charge in [-0.15, -0.1) is 11.8 Å². The van der Waals surface area contributed by atoms with Crippen LogP contribution in [0, 0.1) is 5.92 Å². The zero-order valence-electron chi connectivity index (χ0n) is 16.0. The summed E-state index contributed by atoms with van der Waals surface area (Å²) in [7, 11) is 0. The number of amides is 2. The van der Waals surface area contributed by atoms with Crippen LogP contribution in [0.1, 0.15) is 43.5 Å². The number of piperidine rings is 1. The number of carbonyl (C=O) groups is 2. The Labute approximate surface area is 163 Å². The average molecular weight is 391 g/mol. The minimum atomic E-state index is -0.460. The van der Waals surface area contributed by atoms with Gasteiger partial charge >= 0.3 is 0 Å². The maximum Gasteiger partial charge on any atom is 0.269 e. The van der Waals surface area contributed by atoms with Crippen molar-refractivity contribution in [2.75, 3.05) is 25.9 Å². The summed E-state index contributed by atoms with van der Waals surface area (Å²) in [5, 5.41) is 7.66. The first-order valence-electron chi connectivity index (χ1n) is 9.25. The van der Waals surface area contributed by atoms with Gasteiger partial charge in [0, 0.05) is 45.1 Å². The maximum atomic E-state index is 12.8. The molecular weight excluding hydrogens is 364 g/mol. The monoisotopic (exact) mass is 390 g/mol. The third-order valence-corrected chi connectivity index (χ3v) is 5.64. The Balaban J connectivity index is 1.56. The van der Waals surface area contributed by atoms with Crippen molar-refractivity contribution in [2.45, 2.75) is 43.7 Å². The summed E-state index contributed by atoms with van der Waals surface area (Å²) < 4.78 is 0. The van der Waals surface area contributed by atoms with Crippen LogP contribution in [0.25, 0.3) is 0 Å². The topological polar surface area (TPSA) is 83.9 Å². The molecule has 0 unspecified atom stereocenters. The number of hydrogen-bond acceptors (Lipinski definition) is 6. The highest BCUT2D eigenvalue weighted by molar-refractivity contribution is 7.98. The van der Waals surface area contributed by atoms with Crippen molar-refractivity contribution in [1.29, 1.82) is 0 Å². The normalized spacial score (nSPS) is 18.4. The Morgan fingerprint density at radius 3 is 2.78 bits per heavy atom. The van der Waals surface area contributed by atoms with E-state index >= 15 is 0 Å². The van der Waals surface area contributed by atoms with Crippen molar-refractivity contribution in [3.05, 3.63) is 23.9 Å². The average Bonchev–Trinajstić information content (AvgIpc) is 3.09. The molecule has 3 rings (SSSR count). The van der Waals surface area contributed by atoms with E-state index in [0.717, 1.165) is 5.03 Å². The lowest BCUT2D eigenvalue weighted by atomic mass is 9.86. The summed E-state index contributed by atoms with van der Waals surface area (Å²) in [5.41, 5.74) is 0.629. The number of aromatic nitrogens is 1. The van der Waals surface area contributed by atoms with Gasteiger partial charge in [0.15, 0.2) is 0 Å². The zero-order chi connectivity index (χ0) is 19.4. The Bertz CT molecular complexity index is 742. The number of hydrogen-bond donors (Lipinski definition) is 1. The van der Waals surface area contributed by atoms with Crippen molar-refractivity contribution in [3.8, 4) is 0 Å². The van der Waals surface area contributed by atoms with Gasteiger partial charge in [-0.2, -0.15) is 0 Å². The summed E-state index contributed by atoms with van der Waals surface area (Å²) in [5.74, 6) is 0.230. The molecular formula is C19H26N4O3S. The highest BCUT2D eigenvalue weighted by Gasteiger charge is 2.44. The van der Waals surface area contributed by atoms with Gasteiger partial charge in [-0.3, -0.25) is 9.59 Å². The van der Waals surface area contributed by atoms with Crippen LogP contribution >= 0.6 is 11.8 Å². The minimum absolute atomic E-state index is 0.00360. The summed E-state index contributed by atoms with van der Waals surface area (Å²) in [4.78, 5) is 36.8. The smallest absolute Gasteiger partial charge is 0.269 e. The van der Waals surface area contributed by atoms with E-state index in [2.05, 4.69) is 15.5 Å². The molecule has 3 heterocycles. The van der Waals surface area contributed by atoms with E-state index in [1.54, 1.807) is 12.3 Å². The SMILES string of the molecule is CSc1ncccc1C(=O)N1CCC2(CC1)CC(C(=O)NCC(C)C)=NO2. The predicted molar refractivity (Wildman–Crippen MR) is 105 cm³/mol. The highest BCUT2D eigenvalue weighted by Crippen LogP contribution is 2.35. The molecule has 2 amide bonds. The van der Waals surface area contributed by atoms with E-state index < -0.39 is 5.60 Å². The molecule has 0 atom stereocenters. The molecule has 0 saturated carbocycles. The first kappa shape index (κ1) is 19.7. The molecule has 1 saturated heterocycles. The van der Waals surface area contributed by atoms with Crippen molar-refractivity contribution in [2.24, 2.45) is 11.1 Å². The lowest BCUT2D eigenvalue weighted by molar-refractivity contribution is -0.115. The Kier molecular flexibility index (Phi) is 6.04. The summed E-state index contributed by atoms with van der Waals surface area (Å²) in [6.45, 7) is 5.88. The second kappa shape index (κ2) is 8.29. The number of oxime groups is 1. The molecule has 8 heteroatoms. The number of likely N-dealkylation sites (tertiary alicyclic amines) is 1. The van der Waals surface area contributed by atoms with Crippen LogP contribution in [0.5, 0.6) is 0 Å². The van der Waals surface area contributed by atoms with Crippen LogP contribution in [-0.2, 0) is 9.63 Å². The number of pyridine rings is 1. The highest BCUT2D eigenvalue weighted by atomic mass is 32.2. The molecule has 7 nitrogen and oxygen atoms in total. The van der Waals surface area contributed by atoms with Gasteiger partial charge in [-0.25, -0.2) is 4.98 Å². The van der Waals surface area contributed by atoms with Crippen LogP contribution in [0.3, 0.4) is 0 Å². The fourth-order valence-electron chi connectivity index (χ4n) is 3.31.